The highest BCUT2D eigenvalue weighted by molar-refractivity contribution is 7.84. The van der Waals surface area contributed by atoms with Crippen LogP contribution in [0.4, 0.5) is 4.79 Å². The molecule has 0 radical (unpaired) electrons. The molecule has 1 atom stereocenters. The van der Waals surface area contributed by atoms with Crippen molar-refractivity contribution in [2.24, 2.45) is 5.92 Å². The van der Waals surface area contributed by atoms with Gasteiger partial charge >= 0.3 is 6.09 Å². The largest absolute Gasteiger partial charge is 0.444 e. The zero-order chi connectivity index (χ0) is 17.9. The van der Waals surface area contributed by atoms with E-state index in [2.05, 4.69) is 9.97 Å². The molecule has 0 saturated carbocycles. The number of carbonyl (C=O) groups excluding carboxylic acids is 1. The highest BCUT2D eigenvalue weighted by Gasteiger charge is 2.28. The van der Waals surface area contributed by atoms with E-state index in [1.54, 1.807) is 17.9 Å². The molecular weight excluding hydrogens is 350 g/mol. The number of amides is 1. The average Bonchev–Trinajstić information content (AvgIpc) is 2.45. The fourth-order valence-corrected chi connectivity index (χ4v) is 4.15. The lowest BCUT2D eigenvalue weighted by molar-refractivity contribution is 0.0191. The fourth-order valence-electron chi connectivity index (χ4n) is 2.50. The molecule has 8 heteroatoms. The zero-order valence-corrected chi connectivity index (χ0v) is 16.1. The van der Waals surface area contributed by atoms with Gasteiger partial charge < -0.3 is 9.64 Å². The zero-order valence-electron chi connectivity index (χ0n) is 14.5. The van der Waals surface area contributed by atoms with Crippen LogP contribution in [0, 0.1) is 12.8 Å². The summed E-state index contributed by atoms with van der Waals surface area (Å²) in [5.41, 5.74) is 0.218. The molecule has 1 aliphatic heterocycles. The third kappa shape index (κ3) is 5.70. The van der Waals surface area contributed by atoms with E-state index in [4.69, 9.17) is 16.3 Å². The van der Waals surface area contributed by atoms with Gasteiger partial charge in [-0.05, 0) is 52.5 Å². The number of halogens is 1. The third-order valence-electron chi connectivity index (χ3n) is 3.66. The first kappa shape index (κ1) is 19.1. The number of hydrogen-bond donors (Lipinski definition) is 0. The Morgan fingerprint density at radius 3 is 2.54 bits per heavy atom. The molecule has 0 spiro atoms. The lowest BCUT2D eigenvalue weighted by atomic mass is 9.99. The maximum Gasteiger partial charge on any atom is 0.410 e. The minimum atomic E-state index is -1.28. The van der Waals surface area contributed by atoms with Crippen LogP contribution < -0.4 is 0 Å². The van der Waals surface area contributed by atoms with Gasteiger partial charge in [0.25, 0.3) is 0 Å². The average molecular weight is 374 g/mol. The molecule has 6 nitrogen and oxygen atoms in total. The first-order valence-electron chi connectivity index (χ1n) is 8.01. The van der Waals surface area contributed by atoms with Gasteiger partial charge in [-0.15, -0.1) is 0 Å². The third-order valence-corrected chi connectivity index (χ3v) is 5.22. The summed E-state index contributed by atoms with van der Waals surface area (Å²) >= 11 is 5.90. The van der Waals surface area contributed by atoms with Gasteiger partial charge in [-0.2, -0.15) is 0 Å². The van der Waals surface area contributed by atoms with E-state index in [1.165, 1.54) is 0 Å². The Hall–Kier alpha value is -1.21. The summed E-state index contributed by atoms with van der Waals surface area (Å²) in [5, 5.41) is 0.597. The Bertz CT molecular complexity index is 605. The SMILES string of the molecule is Cc1cc(Cl)nc([S@](=O)CC2CCN(C(=O)OC(C)(C)C)CC2)n1. The molecule has 1 aromatic rings. The van der Waals surface area contributed by atoms with E-state index in [9.17, 15) is 9.00 Å². The molecule has 24 heavy (non-hydrogen) atoms. The molecule has 1 aliphatic rings. The Morgan fingerprint density at radius 2 is 2.00 bits per heavy atom. The van der Waals surface area contributed by atoms with Gasteiger partial charge in [-0.1, -0.05) is 11.6 Å². The number of hydrogen-bond acceptors (Lipinski definition) is 5. The van der Waals surface area contributed by atoms with Crippen LogP contribution in [0.15, 0.2) is 11.2 Å². The summed E-state index contributed by atoms with van der Waals surface area (Å²) in [6.45, 7) is 8.60. The van der Waals surface area contributed by atoms with E-state index < -0.39 is 16.4 Å². The first-order chi connectivity index (χ1) is 11.1. The van der Waals surface area contributed by atoms with Crippen molar-refractivity contribution in [1.29, 1.82) is 0 Å². The van der Waals surface area contributed by atoms with Crippen LogP contribution in [0.1, 0.15) is 39.3 Å². The van der Waals surface area contributed by atoms with Gasteiger partial charge in [-0.25, -0.2) is 14.8 Å². The molecule has 0 unspecified atom stereocenters. The molecule has 1 fully saturated rings. The summed E-state index contributed by atoms with van der Waals surface area (Å²) in [7, 11) is -1.28. The molecule has 0 N–H and O–H groups in total. The summed E-state index contributed by atoms with van der Waals surface area (Å²) in [5.74, 6) is 0.759. The summed E-state index contributed by atoms with van der Waals surface area (Å²) in [6.07, 6.45) is 1.31. The second-order valence-corrected chi connectivity index (χ2v) is 8.81. The van der Waals surface area contributed by atoms with E-state index in [-0.39, 0.29) is 17.2 Å². The van der Waals surface area contributed by atoms with E-state index in [0.29, 0.717) is 29.7 Å². The monoisotopic (exact) mass is 373 g/mol. The van der Waals surface area contributed by atoms with Gasteiger partial charge in [0, 0.05) is 24.5 Å². The second-order valence-electron chi connectivity index (χ2n) is 7.04. The van der Waals surface area contributed by atoms with Crippen molar-refractivity contribution < 1.29 is 13.7 Å². The number of rotatable bonds is 3. The van der Waals surface area contributed by atoms with Gasteiger partial charge in [0.05, 0.1) is 10.8 Å². The van der Waals surface area contributed by atoms with Crippen LogP contribution in [0.3, 0.4) is 0 Å². The topological polar surface area (TPSA) is 72.4 Å². The smallest absolute Gasteiger partial charge is 0.410 e. The predicted octanol–water partition coefficient (Wildman–Crippen LogP) is 3.19. The molecule has 0 bridgehead atoms. The van der Waals surface area contributed by atoms with Crippen molar-refractivity contribution in [2.45, 2.75) is 51.3 Å². The van der Waals surface area contributed by atoms with Crippen molar-refractivity contribution in [1.82, 2.24) is 14.9 Å². The quantitative estimate of drug-likeness (QED) is 0.601. The van der Waals surface area contributed by atoms with E-state index in [1.807, 2.05) is 20.8 Å². The number of likely N-dealkylation sites (tertiary alicyclic amines) is 1. The van der Waals surface area contributed by atoms with Crippen molar-refractivity contribution in [3.05, 3.63) is 16.9 Å². The number of carbonyl (C=O) groups is 1. The molecule has 1 saturated heterocycles. The van der Waals surface area contributed by atoms with Crippen LogP contribution >= 0.6 is 11.6 Å². The molecule has 1 aromatic heterocycles. The van der Waals surface area contributed by atoms with Crippen molar-refractivity contribution in [2.75, 3.05) is 18.8 Å². The molecular formula is C16H24ClN3O3S. The van der Waals surface area contributed by atoms with Crippen LogP contribution in [0.25, 0.3) is 0 Å². The summed E-state index contributed by atoms with van der Waals surface area (Å²) in [6, 6.07) is 1.64. The Morgan fingerprint density at radius 1 is 1.38 bits per heavy atom. The maximum atomic E-state index is 12.4. The standard InChI is InChI=1S/C16H24ClN3O3S/c1-11-9-13(17)19-14(18-11)24(22)10-12-5-7-20(8-6-12)15(21)23-16(2,3)4/h9,12H,5-8,10H2,1-4H3/t24-/m1/s1. The highest BCUT2D eigenvalue weighted by atomic mass is 35.5. The molecule has 134 valence electrons. The maximum absolute atomic E-state index is 12.4. The predicted molar refractivity (Wildman–Crippen MR) is 93.6 cm³/mol. The van der Waals surface area contributed by atoms with Gasteiger partial charge in [0.1, 0.15) is 10.8 Å². The number of nitrogens with zero attached hydrogens (tertiary/aromatic N) is 3. The lowest BCUT2D eigenvalue weighted by Crippen LogP contribution is -2.42. The molecule has 0 aromatic carbocycles. The number of piperidine rings is 1. The Labute approximate surface area is 150 Å². The molecule has 0 aliphatic carbocycles. The summed E-state index contributed by atoms with van der Waals surface area (Å²) in [4.78, 5) is 22.0. The lowest BCUT2D eigenvalue weighted by Gasteiger charge is -2.33. The highest BCUT2D eigenvalue weighted by Crippen LogP contribution is 2.22. The number of ether oxygens (including phenoxy) is 1. The first-order valence-corrected chi connectivity index (χ1v) is 9.71. The van der Waals surface area contributed by atoms with Crippen molar-refractivity contribution >= 4 is 28.5 Å². The van der Waals surface area contributed by atoms with Crippen molar-refractivity contribution in [3.63, 3.8) is 0 Å². The van der Waals surface area contributed by atoms with Crippen LogP contribution in [-0.4, -0.2) is 49.6 Å². The van der Waals surface area contributed by atoms with Gasteiger partial charge in [0.2, 0.25) is 5.16 Å². The fraction of sp³-hybridized carbons (Fsp3) is 0.688. The van der Waals surface area contributed by atoms with Crippen LogP contribution in [0.5, 0.6) is 0 Å². The van der Waals surface area contributed by atoms with Crippen LogP contribution in [0.2, 0.25) is 5.15 Å². The second kappa shape index (κ2) is 7.78. The normalized spacial score (nSPS) is 17.6. The molecule has 1 amide bonds. The summed E-state index contributed by atoms with van der Waals surface area (Å²) < 4.78 is 17.8. The van der Waals surface area contributed by atoms with Gasteiger partial charge in [-0.3, -0.25) is 4.21 Å². The van der Waals surface area contributed by atoms with Crippen molar-refractivity contribution in [3.8, 4) is 0 Å². The number of aromatic nitrogens is 2. The Balaban J connectivity index is 1.86. The Kier molecular flexibility index (Phi) is 6.20. The minimum Gasteiger partial charge on any atom is -0.444 e. The van der Waals surface area contributed by atoms with E-state index >= 15 is 0 Å². The van der Waals surface area contributed by atoms with E-state index in [0.717, 1.165) is 12.8 Å². The number of aryl methyl sites for hydroxylation is 1. The van der Waals surface area contributed by atoms with Gasteiger partial charge in [0.15, 0.2) is 0 Å². The van der Waals surface area contributed by atoms with Crippen LogP contribution in [-0.2, 0) is 15.5 Å². The minimum absolute atomic E-state index is 0.271. The molecule has 2 rings (SSSR count). The molecule has 2 heterocycles.